The van der Waals surface area contributed by atoms with Gasteiger partial charge in [-0.2, -0.15) is 0 Å². The topological polar surface area (TPSA) is 64.6 Å². The number of nitrogens with one attached hydrogen (secondary N) is 1. The quantitative estimate of drug-likeness (QED) is 0.454. The van der Waals surface area contributed by atoms with Crippen LogP contribution in [0.2, 0.25) is 0 Å². The van der Waals surface area contributed by atoms with Gasteiger partial charge in [-0.3, -0.25) is 0 Å². The molecule has 1 saturated carbocycles. The Morgan fingerprint density at radius 3 is 2.53 bits per heavy atom. The monoisotopic (exact) mass is 267 g/mol. The molecule has 0 radical (unpaired) electrons. The highest BCUT2D eigenvalue weighted by molar-refractivity contribution is 5.86. The number of hydrogen-bond acceptors (Lipinski definition) is 4. The van der Waals surface area contributed by atoms with Crippen LogP contribution in [0.1, 0.15) is 45.4 Å². The molecule has 0 aromatic rings. The Morgan fingerprint density at radius 2 is 1.95 bits per heavy atom. The lowest BCUT2D eigenvalue weighted by atomic mass is 9.98. The second-order valence-electron chi connectivity index (χ2n) is 4.64. The average Bonchev–Trinajstić information content (AvgIpc) is 2.86. The molecule has 0 bridgehead atoms. The van der Waals surface area contributed by atoms with Crippen LogP contribution in [0.5, 0.6) is 0 Å². The summed E-state index contributed by atoms with van der Waals surface area (Å²) < 4.78 is 10.1. The van der Waals surface area contributed by atoms with Crippen LogP contribution in [0.15, 0.2) is 0 Å². The molecular formula is C14H21NO4. The van der Waals surface area contributed by atoms with Gasteiger partial charge < -0.3 is 14.8 Å². The van der Waals surface area contributed by atoms with Crippen molar-refractivity contribution in [2.75, 3.05) is 13.2 Å². The van der Waals surface area contributed by atoms with E-state index in [9.17, 15) is 9.59 Å². The smallest absolute Gasteiger partial charge is 0.408 e. The molecule has 1 fully saturated rings. The number of rotatable bonds is 6. The number of terminal acetylenes is 1. The maximum absolute atomic E-state index is 12.1. The van der Waals surface area contributed by atoms with E-state index < -0.39 is 11.6 Å². The first-order chi connectivity index (χ1) is 9.14. The fourth-order valence-electron chi connectivity index (χ4n) is 2.13. The summed E-state index contributed by atoms with van der Waals surface area (Å²) >= 11 is 0. The van der Waals surface area contributed by atoms with Crippen molar-refractivity contribution in [1.29, 1.82) is 0 Å². The molecule has 1 amide bonds. The number of esters is 1. The fraction of sp³-hybridized carbons (Fsp3) is 0.714. The van der Waals surface area contributed by atoms with E-state index in [0.717, 1.165) is 19.3 Å². The van der Waals surface area contributed by atoms with Crippen molar-refractivity contribution >= 4 is 12.1 Å². The highest BCUT2D eigenvalue weighted by atomic mass is 16.6. The molecular weight excluding hydrogens is 246 g/mol. The standard InChI is InChI=1S/C14H21NO4/c1-3-5-11-19-13(17)15-14(8-6-7-9-14)12(16)18-10-4-2/h1H,4-11H2,2H3,(H,15,17). The van der Waals surface area contributed by atoms with Gasteiger partial charge in [0.1, 0.15) is 12.1 Å². The molecule has 19 heavy (non-hydrogen) atoms. The summed E-state index contributed by atoms with van der Waals surface area (Å²) in [4.78, 5) is 23.7. The van der Waals surface area contributed by atoms with Crippen LogP contribution in [0.3, 0.4) is 0 Å². The van der Waals surface area contributed by atoms with Gasteiger partial charge >= 0.3 is 12.1 Å². The van der Waals surface area contributed by atoms with Crippen LogP contribution in [0.4, 0.5) is 4.79 Å². The molecule has 1 aliphatic carbocycles. The molecule has 1 aliphatic rings. The summed E-state index contributed by atoms with van der Waals surface area (Å²) in [5.74, 6) is 2.02. The first kappa shape index (κ1) is 15.4. The molecule has 5 nitrogen and oxygen atoms in total. The van der Waals surface area contributed by atoms with Gasteiger partial charge in [0.15, 0.2) is 0 Å². The molecule has 0 aromatic heterocycles. The molecule has 0 aliphatic heterocycles. The Kier molecular flexibility index (Phi) is 6.20. The third kappa shape index (κ3) is 4.47. The predicted molar refractivity (Wildman–Crippen MR) is 70.4 cm³/mol. The van der Waals surface area contributed by atoms with E-state index in [1.54, 1.807) is 0 Å². The Balaban J connectivity index is 2.54. The van der Waals surface area contributed by atoms with Crippen LogP contribution in [0, 0.1) is 12.3 Å². The lowest BCUT2D eigenvalue weighted by Gasteiger charge is -2.27. The molecule has 0 aromatic carbocycles. The Bertz CT molecular complexity index is 353. The molecule has 0 spiro atoms. The summed E-state index contributed by atoms with van der Waals surface area (Å²) in [6, 6.07) is 0. The van der Waals surface area contributed by atoms with Gasteiger partial charge in [-0.25, -0.2) is 9.59 Å². The largest absolute Gasteiger partial charge is 0.464 e. The summed E-state index contributed by atoms with van der Waals surface area (Å²) in [5, 5.41) is 2.66. The van der Waals surface area contributed by atoms with Gasteiger partial charge in [0, 0.05) is 6.42 Å². The molecule has 0 atom stereocenters. The summed E-state index contributed by atoms with van der Waals surface area (Å²) in [7, 11) is 0. The van der Waals surface area contributed by atoms with E-state index in [1.807, 2.05) is 6.92 Å². The molecule has 1 N–H and O–H groups in total. The Morgan fingerprint density at radius 1 is 1.26 bits per heavy atom. The Labute approximate surface area is 114 Å². The minimum absolute atomic E-state index is 0.155. The molecule has 0 heterocycles. The van der Waals surface area contributed by atoms with Gasteiger partial charge in [0.2, 0.25) is 0 Å². The summed E-state index contributed by atoms with van der Waals surface area (Å²) in [6.45, 7) is 2.45. The van der Waals surface area contributed by atoms with Crippen molar-refractivity contribution in [3.8, 4) is 12.3 Å². The van der Waals surface area contributed by atoms with E-state index in [2.05, 4.69) is 11.2 Å². The van der Waals surface area contributed by atoms with Gasteiger partial charge in [0.25, 0.3) is 0 Å². The number of ether oxygens (including phenoxy) is 2. The zero-order valence-corrected chi connectivity index (χ0v) is 11.4. The highest BCUT2D eigenvalue weighted by Crippen LogP contribution is 2.31. The van der Waals surface area contributed by atoms with Crippen LogP contribution >= 0.6 is 0 Å². The molecule has 0 unspecified atom stereocenters. The SMILES string of the molecule is C#CCCOC(=O)NC1(C(=O)OCCC)CCCC1. The normalized spacial score (nSPS) is 16.4. The second-order valence-corrected chi connectivity index (χ2v) is 4.64. The van der Waals surface area contributed by atoms with E-state index >= 15 is 0 Å². The summed E-state index contributed by atoms with van der Waals surface area (Å²) in [6.07, 6.45) is 8.57. The first-order valence-corrected chi connectivity index (χ1v) is 6.70. The maximum Gasteiger partial charge on any atom is 0.408 e. The third-order valence-corrected chi connectivity index (χ3v) is 3.11. The van der Waals surface area contributed by atoms with E-state index in [1.165, 1.54) is 0 Å². The van der Waals surface area contributed by atoms with Crippen LogP contribution in [-0.2, 0) is 14.3 Å². The van der Waals surface area contributed by atoms with Gasteiger partial charge in [-0.05, 0) is 19.3 Å². The minimum atomic E-state index is -0.914. The van der Waals surface area contributed by atoms with Crippen molar-refractivity contribution < 1.29 is 19.1 Å². The number of carbonyl (C=O) groups excluding carboxylic acids is 2. The van der Waals surface area contributed by atoms with Crippen molar-refractivity contribution in [1.82, 2.24) is 5.32 Å². The van der Waals surface area contributed by atoms with Crippen molar-refractivity contribution in [3.05, 3.63) is 0 Å². The fourth-order valence-corrected chi connectivity index (χ4v) is 2.13. The highest BCUT2D eigenvalue weighted by Gasteiger charge is 2.44. The lowest BCUT2D eigenvalue weighted by Crippen LogP contribution is -2.53. The maximum atomic E-state index is 12.1. The number of alkyl carbamates (subject to hydrolysis) is 1. The van der Waals surface area contributed by atoms with Gasteiger partial charge in [-0.15, -0.1) is 12.3 Å². The van der Waals surface area contributed by atoms with E-state index in [-0.39, 0.29) is 12.6 Å². The zero-order valence-electron chi connectivity index (χ0n) is 11.4. The van der Waals surface area contributed by atoms with E-state index in [4.69, 9.17) is 15.9 Å². The lowest BCUT2D eigenvalue weighted by molar-refractivity contribution is -0.151. The van der Waals surface area contributed by atoms with Crippen LogP contribution < -0.4 is 5.32 Å². The van der Waals surface area contributed by atoms with Gasteiger partial charge in [-0.1, -0.05) is 19.8 Å². The zero-order chi connectivity index (χ0) is 14.1. The first-order valence-electron chi connectivity index (χ1n) is 6.70. The number of carbonyl (C=O) groups is 2. The molecule has 0 saturated heterocycles. The van der Waals surface area contributed by atoms with Crippen LogP contribution in [-0.4, -0.2) is 30.8 Å². The van der Waals surface area contributed by atoms with Crippen molar-refractivity contribution in [2.24, 2.45) is 0 Å². The van der Waals surface area contributed by atoms with Crippen molar-refractivity contribution in [3.63, 3.8) is 0 Å². The van der Waals surface area contributed by atoms with Gasteiger partial charge in [0.05, 0.1) is 6.61 Å². The average molecular weight is 267 g/mol. The molecule has 1 rings (SSSR count). The Hall–Kier alpha value is -1.70. The molecule has 106 valence electrons. The van der Waals surface area contributed by atoms with E-state index in [0.29, 0.717) is 25.9 Å². The van der Waals surface area contributed by atoms with Crippen molar-refractivity contribution in [2.45, 2.75) is 51.0 Å². The summed E-state index contributed by atoms with van der Waals surface area (Å²) in [5.41, 5.74) is -0.914. The van der Waals surface area contributed by atoms with Crippen LogP contribution in [0.25, 0.3) is 0 Å². The predicted octanol–water partition coefficient (Wildman–Crippen LogP) is 2.00. The number of hydrogen-bond donors (Lipinski definition) is 1. The minimum Gasteiger partial charge on any atom is -0.464 e. The molecule has 5 heteroatoms. The second kappa shape index (κ2) is 7.67. The third-order valence-electron chi connectivity index (χ3n) is 3.11. The number of amides is 1.